The Balaban J connectivity index is 1.83. The Bertz CT molecular complexity index is 1170. The molecule has 0 aliphatic rings. The normalized spacial score (nSPS) is 11.2. The largest absolute Gasteiger partial charge is 0.508 e. The zero-order valence-corrected chi connectivity index (χ0v) is 15.4. The molecule has 0 atom stereocenters. The van der Waals surface area contributed by atoms with Crippen LogP contribution in [0.2, 0.25) is 0 Å². The van der Waals surface area contributed by atoms with Crippen molar-refractivity contribution in [2.45, 2.75) is 19.9 Å². The van der Waals surface area contributed by atoms with Gasteiger partial charge in [0.2, 0.25) is 0 Å². The van der Waals surface area contributed by atoms with E-state index in [-0.39, 0.29) is 17.9 Å². The third kappa shape index (κ3) is 3.11. The van der Waals surface area contributed by atoms with E-state index in [1.807, 2.05) is 36.4 Å². The van der Waals surface area contributed by atoms with Gasteiger partial charge in [-0.1, -0.05) is 24.3 Å². The van der Waals surface area contributed by atoms with Crippen LogP contribution >= 0.6 is 0 Å². The number of aromatic hydroxyl groups is 1. The van der Waals surface area contributed by atoms with Crippen molar-refractivity contribution >= 4 is 34.0 Å². The minimum Gasteiger partial charge on any atom is -0.508 e. The average Bonchev–Trinajstić information content (AvgIpc) is 2.96. The summed E-state index contributed by atoms with van der Waals surface area (Å²) in [4.78, 5) is 21.9. The lowest BCUT2D eigenvalue weighted by molar-refractivity contribution is 0.0529. The molecular formula is C21H20N4O3. The van der Waals surface area contributed by atoms with Gasteiger partial charge in [-0.2, -0.15) is 0 Å². The number of rotatable bonds is 5. The van der Waals surface area contributed by atoms with Gasteiger partial charge < -0.3 is 20.1 Å². The summed E-state index contributed by atoms with van der Waals surface area (Å²) >= 11 is 0. The molecule has 0 saturated carbocycles. The van der Waals surface area contributed by atoms with Crippen LogP contribution in [-0.4, -0.2) is 32.2 Å². The number of para-hydroxylation sites is 2. The van der Waals surface area contributed by atoms with Crippen molar-refractivity contribution in [1.82, 2.24) is 14.5 Å². The maximum absolute atomic E-state index is 12.5. The smallest absolute Gasteiger partial charge is 0.344 e. The molecule has 4 aromatic rings. The summed E-state index contributed by atoms with van der Waals surface area (Å²) in [5.41, 5.74) is 10.0. The molecule has 142 valence electrons. The predicted molar refractivity (Wildman–Crippen MR) is 107 cm³/mol. The van der Waals surface area contributed by atoms with E-state index < -0.39 is 5.97 Å². The molecule has 0 unspecified atom stereocenters. The molecule has 7 heteroatoms. The minimum absolute atomic E-state index is 0.219. The van der Waals surface area contributed by atoms with Gasteiger partial charge >= 0.3 is 5.97 Å². The number of hydrogen-bond acceptors (Lipinski definition) is 6. The summed E-state index contributed by atoms with van der Waals surface area (Å²) < 4.78 is 6.99. The first kappa shape index (κ1) is 17.8. The number of anilines is 1. The summed E-state index contributed by atoms with van der Waals surface area (Å²) in [5.74, 6) is 0.0112. The summed E-state index contributed by atoms with van der Waals surface area (Å²) in [5, 5.41) is 9.45. The molecule has 0 amide bonds. The Labute approximate surface area is 161 Å². The molecule has 0 spiro atoms. The molecule has 4 rings (SSSR count). The van der Waals surface area contributed by atoms with Gasteiger partial charge in [0.25, 0.3) is 0 Å². The highest BCUT2D eigenvalue weighted by Crippen LogP contribution is 2.29. The number of carbonyl (C=O) groups is 1. The number of nitrogens with zero attached hydrogens (tertiary/aromatic N) is 3. The fourth-order valence-corrected chi connectivity index (χ4v) is 3.25. The summed E-state index contributed by atoms with van der Waals surface area (Å²) in [6, 6.07) is 14.5. The van der Waals surface area contributed by atoms with Crippen molar-refractivity contribution in [2.24, 2.45) is 0 Å². The van der Waals surface area contributed by atoms with Crippen molar-refractivity contribution in [3.63, 3.8) is 0 Å². The van der Waals surface area contributed by atoms with Gasteiger partial charge in [0.15, 0.2) is 5.65 Å². The highest BCUT2D eigenvalue weighted by molar-refractivity contribution is 6.08. The number of benzene rings is 2. The number of phenols is 1. The van der Waals surface area contributed by atoms with E-state index in [0.717, 1.165) is 11.1 Å². The zero-order chi connectivity index (χ0) is 19.7. The number of hydrogen-bond donors (Lipinski definition) is 2. The van der Waals surface area contributed by atoms with Gasteiger partial charge in [-0.05, 0) is 43.2 Å². The van der Waals surface area contributed by atoms with Crippen molar-refractivity contribution in [3.05, 3.63) is 59.7 Å². The predicted octanol–water partition coefficient (Wildman–Crippen LogP) is 3.29. The lowest BCUT2D eigenvalue weighted by atomic mass is 10.1. The highest BCUT2D eigenvalue weighted by Gasteiger charge is 2.24. The summed E-state index contributed by atoms with van der Waals surface area (Å²) in [6.45, 7) is 2.51. The Morgan fingerprint density at radius 1 is 1.11 bits per heavy atom. The van der Waals surface area contributed by atoms with Crippen LogP contribution < -0.4 is 5.73 Å². The van der Waals surface area contributed by atoms with Crippen molar-refractivity contribution in [3.8, 4) is 5.75 Å². The van der Waals surface area contributed by atoms with Crippen molar-refractivity contribution in [1.29, 1.82) is 0 Å². The lowest BCUT2D eigenvalue weighted by Gasteiger charge is -2.08. The quantitative estimate of drug-likeness (QED) is 0.518. The number of ether oxygens (including phenoxy) is 1. The number of esters is 1. The Kier molecular flexibility index (Phi) is 4.57. The lowest BCUT2D eigenvalue weighted by Crippen LogP contribution is -2.10. The van der Waals surface area contributed by atoms with Crippen molar-refractivity contribution in [2.75, 3.05) is 12.3 Å². The van der Waals surface area contributed by atoms with Gasteiger partial charge in [0.1, 0.15) is 22.6 Å². The molecule has 3 N–H and O–H groups in total. The van der Waals surface area contributed by atoms with Gasteiger partial charge in [-0.15, -0.1) is 0 Å². The number of nitrogens with two attached hydrogens (primary N) is 1. The molecular weight excluding hydrogens is 356 g/mol. The Morgan fingerprint density at radius 2 is 1.79 bits per heavy atom. The number of aromatic nitrogens is 3. The molecule has 2 aromatic carbocycles. The third-order valence-corrected chi connectivity index (χ3v) is 4.63. The van der Waals surface area contributed by atoms with Crippen molar-refractivity contribution < 1.29 is 14.6 Å². The van der Waals surface area contributed by atoms with Gasteiger partial charge in [-0.3, -0.25) is 0 Å². The van der Waals surface area contributed by atoms with Crippen LogP contribution in [0.5, 0.6) is 5.75 Å². The van der Waals surface area contributed by atoms with E-state index in [4.69, 9.17) is 15.5 Å². The SMILES string of the molecule is CCOC(=O)c1c(N)n(CCc2ccc(O)cc2)c2nc3ccccc3nc12. The molecule has 7 nitrogen and oxygen atoms in total. The Morgan fingerprint density at radius 3 is 2.46 bits per heavy atom. The number of carbonyl (C=O) groups excluding carboxylic acids is 1. The first-order valence-electron chi connectivity index (χ1n) is 9.08. The molecule has 0 saturated heterocycles. The van der Waals surface area contributed by atoms with Crippen LogP contribution in [0.4, 0.5) is 5.82 Å². The van der Waals surface area contributed by atoms with Gasteiger partial charge in [0.05, 0.1) is 17.6 Å². The maximum atomic E-state index is 12.5. The van der Waals surface area contributed by atoms with Crippen LogP contribution in [0.25, 0.3) is 22.2 Å². The van der Waals surface area contributed by atoms with E-state index in [1.165, 1.54) is 0 Å². The summed E-state index contributed by atoms with van der Waals surface area (Å²) in [7, 11) is 0. The van der Waals surface area contributed by atoms with Crippen LogP contribution in [0.1, 0.15) is 22.8 Å². The van der Waals surface area contributed by atoms with Crippen LogP contribution in [0.15, 0.2) is 48.5 Å². The van der Waals surface area contributed by atoms with Crippen LogP contribution in [0.3, 0.4) is 0 Å². The zero-order valence-electron chi connectivity index (χ0n) is 15.4. The molecule has 2 heterocycles. The van der Waals surface area contributed by atoms with Gasteiger partial charge in [-0.25, -0.2) is 14.8 Å². The van der Waals surface area contributed by atoms with E-state index in [9.17, 15) is 9.90 Å². The minimum atomic E-state index is -0.502. The number of nitrogen functional groups attached to an aromatic ring is 1. The van der Waals surface area contributed by atoms with E-state index >= 15 is 0 Å². The fourth-order valence-electron chi connectivity index (χ4n) is 3.25. The maximum Gasteiger partial charge on any atom is 0.344 e. The molecule has 0 aliphatic carbocycles. The second-order valence-corrected chi connectivity index (χ2v) is 6.43. The molecule has 0 bridgehead atoms. The van der Waals surface area contributed by atoms with Crippen LogP contribution in [0, 0.1) is 0 Å². The highest BCUT2D eigenvalue weighted by atomic mass is 16.5. The molecule has 0 fully saturated rings. The molecule has 0 radical (unpaired) electrons. The molecule has 0 aliphatic heterocycles. The Hall–Kier alpha value is -3.61. The second-order valence-electron chi connectivity index (χ2n) is 6.43. The number of aryl methyl sites for hydroxylation is 2. The standard InChI is InChI=1S/C21H20N4O3/c1-2-28-21(27)17-18-20(24-16-6-4-3-5-15(16)23-18)25(19(17)22)12-11-13-7-9-14(26)10-8-13/h3-10,26H,2,11-12,22H2,1H3. The number of phenolic OH excluding ortho intramolecular Hbond substituents is 1. The second kappa shape index (κ2) is 7.19. The average molecular weight is 376 g/mol. The summed E-state index contributed by atoms with van der Waals surface area (Å²) in [6.07, 6.45) is 0.658. The first-order chi connectivity index (χ1) is 13.6. The third-order valence-electron chi connectivity index (χ3n) is 4.63. The number of fused-ring (bicyclic) bond motifs is 2. The molecule has 28 heavy (non-hydrogen) atoms. The molecule has 2 aromatic heterocycles. The van der Waals surface area contributed by atoms with E-state index in [2.05, 4.69) is 4.98 Å². The fraction of sp³-hybridized carbons (Fsp3) is 0.190. The van der Waals surface area contributed by atoms with Gasteiger partial charge in [0, 0.05) is 6.54 Å². The van der Waals surface area contributed by atoms with E-state index in [0.29, 0.717) is 35.5 Å². The van der Waals surface area contributed by atoms with Crippen LogP contribution in [-0.2, 0) is 17.7 Å². The topological polar surface area (TPSA) is 103 Å². The first-order valence-corrected chi connectivity index (χ1v) is 9.08. The van der Waals surface area contributed by atoms with E-state index in [1.54, 1.807) is 23.6 Å². The monoisotopic (exact) mass is 376 g/mol.